The number of hydrogen-bond donors (Lipinski definition) is 4. The van der Waals surface area contributed by atoms with E-state index in [1.807, 2.05) is 5.32 Å². The number of benzene rings is 1. The van der Waals surface area contributed by atoms with E-state index in [4.69, 9.17) is 10.8 Å². The Balaban J connectivity index is 2.39. The van der Waals surface area contributed by atoms with E-state index in [9.17, 15) is 28.7 Å². The van der Waals surface area contributed by atoms with Gasteiger partial charge in [-0.2, -0.15) is 0 Å². The molecule has 2 heterocycles. The molecule has 1 aliphatic heterocycles. The van der Waals surface area contributed by atoms with Crippen LogP contribution in [0, 0.1) is 5.82 Å². The van der Waals surface area contributed by atoms with Gasteiger partial charge in [0.2, 0.25) is 0 Å². The van der Waals surface area contributed by atoms with Crippen molar-refractivity contribution < 1.29 is 29.0 Å². The highest BCUT2D eigenvalue weighted by Crippen LogP contribution is 2.30. The quantitative estimate of drug-likeness (QED) is 0.557. The molecule has 2 amide bonds. The molecule has 0 fully saturated rings. The third-order valence-electron chi connectivity index (χ3n) is 3.48. The molecule has 0 spiro atoms. The van der Waals surface area contributed by atoms with Crippen molar-refractivity contribution >= 4 is 23.6 Å². The summed E-state index contributed by atoms with van der Waals surface area (Å²) in [5.74, 6) is -6.04. The average molecular weight is 333 g/mol. The van der Waals surface area contributed by atoms with Gasteiger partial charge < -0.3 is 15.9 Å². The molecule has 5 N–H and O–H groups in total. The largest absolute Gasteiger partial charge is 0.503 e. The second-order valence-electron chi connectivity index (χ2n) is 4.91. The van der Waals surface area contributed by atoms with Crippen LogP contribution >= 0.6 is 0 Å². The lowest BCUT2D eigenvalue weighted by molar-refractivity contribution is 0.0695. The summed E-state index contributed by atoms with van der Waals surface area (Å²) in [4.78, 5) is 46.6. The van der Waals surface area contributed by atoms with Gasteiger partial charge in [0, 0.05) is 6.07 Å². The fourth-order valence-electron chi connectivity index (χ4n) is 2.41. The fraction of sp³-hybridized carbons (Fsp3) is 0. The number of nitrogens with two attached hydrogens (primary N) is 1. The minimum absolute atomic E-state index is 0.256. The number of fused-ring (bicyclic) bond motifs is 1. The molecular weight excluding hydrogens is 325 g/mol. The number of phenols is 1. The number of carbonyl (C=O) groups is 3. The van der Waals surface area contributed by atoms with Crippen LogP contribution in [0.5, 0.6) is 5.75 Å². The van der Waals surface area contributed by atoms with Crippen LogP contribution in [0.15, 0.2) is 23.0 Å². The Morgan fingerprint density at radius 1 is 1.17 bits per heavy atom. The zero-order chi connectivity index (χ0) is 17.8. The number of anilines is 1. The lowest BCUT2D eigenvalue weighted by atomic mass is 10.1. The van der Waals surface area contributed by atoms with Crippen molar-refractivity contribution in [2.45, 2.75) is 0 Å². The van der Waals surface area contributed by atoms with Gasteiger partial charge in [-0.05, 0) is 12.1 Å². The topological polar surface area (TPSA) is 152 Å². The van der Waals surface area contributed by atoms with E-state index in [0.29, 0.717) is 10.6 Å². The number of nitrogens with one attached hydrogen (secondary N) is 1. The molecule has 0 unspecified atom stereocenters. The molecule has 9 nitrogen and oxygen atoms in total. The average Bonchev–Trinajstić information content (AvgIpc) is 2.77. The van der Waals surface area contributed by atoms with Crippen molar-refractivity contribution in [2.75, 3.05) is 5.73 Å². The first-order valence-corrected chi connectivity index (χ1v) is 6.39. The smallest absolute Gasteiger partial charge is 0.335 e. The first-order valence-electron chi connectivity index (χ1n) is 6.39. The van der Waals surface area contributed by atoms with E-state index in [2.05, 4.69) is 0 Å². The molecule has 0 atom stereocenters. The number of nitrogen functional groups attached to an aromatic ring is 1. The molecule has 0 radical (unpaired) electrons. The van der Waals surface area contributed by atoms with Gasteiger partial charge in [0.05, 0.1) is 22.4 Å². The molecule has 1 aromatic carbocycles. The van der Waals surface area contributed by atoms with Gasteiger partial charge in [-0.1, -0.05) is 0 Å². The third kappa shape index (κ3) is 2.00. The Morgan fingerprint density at radius 3 is 2.46 bits per heavy atom. The molecule has 3 rings (SSSR count). The predicted octanol–water partition coefficient (Wildman–Crippen LogP) is -0.154. The molecular formula is C14H8FN3O6. The van der Waals surface area contributed by atoms with Crippen LogP contribution in [0.4, 0.5) is 10.2 Å². The van der Waals surface area contributed by atoms with Crippen molar-refractivity contribution in [3.63, 3.8) is 0 Å². The highest BCUT2D eigenvalue weighted by atomic mass is 19.1. The standard InChI is InChI=1S/C14H8FN3O6/c15-6-1-4(14(23)24)2-7(10(6)20)18-8(19)3-5-9(11(18)16)13(22)17-12(5)21/h1-3,20H,16H2,(H,23,24)(H,17,21,22). The zero-order valence-electron chi connectivity index (χ0n) is 11.7. The molecule has 0 bridgehead atoms. The molecule has 122 valence electrons. The molecule has 24 heavy (non-hydrogen) atoms. The third-order valence-corrected chi connectivity index (χ3v) is 3.48. The van der Waals surface area contributed by atoms with E-state index in [0.717, 1.165) is 12.1 Å². The fourth-order valence-corrected chi connectivity index (χ4v) is 2.41. The monoisotopic (exact) mass is 333 g/mol. The number of halogens is 1. The van der Waals surface area contributed by atoms with Gasteiger partial charge >= 0.3 is 5.97 Å². The highest BCUT2D eigenvalue weighted by Gasteiger charge is 2.32. The molecule has 1 aliphatic rings. The van der Waals surface area contributed by atoms with Crippen LogP contribution in [0.25, 0.3) is 5.69 Å². The van der Waals surface area contributed by atoms with Gasteiger partial charge in [-0.3, -0.25) is 24.3 Å². The number of carboxylic acids is 1. The van der Waals surface area contributed by atoms with Crippen molar-refractivity contribution in [1.82, 2.24) is 9.88 Å². The number of nitrogens with zero attached hydrogens (tertiary/aromatic N) is 1. The molecule has 0 saturated heterocycles. The second-order valence-corrected chi connectivity index (χ2v) is 4.91. The number of rotatable bonds is 2. The van der Waals surface area contributed by atoms with Crippen molar-refractivity contribution in [3.8, 4) is 11.4 Å². The lowest BCUT2D eigenvalue weighted by Crippen LogP contribution is -2.24. The summed E-state index contributed by atoms with van der Waals surface area (Å²) in [6.45, 7) is 0. The Labute approximate surface area is 131 Å². The normalized spacial score (nSPS) is 12.9. The molecule has 2 aromatic rings. The summed E-state index contributed by atoms with van der Waals surface area (Å²) in [7, 11) is 0. The van der Waals surface area contributed by atoms with Gasteiger partial charge in [0.15, 0.2) is 11.6 Å². The van der Waals surface area contributed by atoms with Crippen LogP contribution in [-0.4, -0.2) is 32.6 Å². The maximum atomic E-state index is 13.8. The van der Waals surface area contributed by atoms with Gasteiger partial charge in [-0.15, -0.1) is 0 Å². The minimum atomic E-state index is -1.50. The number of carboxylic acid groups (broad SMARTS) is 1. The van der Waals surface area contributed by atoms with E-state index in [-0.39, 0.29) is 11.1 Å². The Hall–Kier alpha value is -3.69. The van der Waals surface area contributed by atoms with Gasteiger partial charge in [0.1, 0.15) is 5.82 Å². The summed E-state index contributed by atoms with van der Waals surface area (Å²) in [5, 5.41) is 20.7. The maximum absolute atomic E-state index is 13.8. The van der Waals surface area contributed by atoms with E-state index < -0.39 is 52.0 Å². The van der Waals surface area contributed by atoms with E-state index >= 15 is 0 Å². The first-order chi connectivity index (χ1) is 11.2. The summed E-state index contributed by atoms with van der Waals surface area (Å²) >= 11 is 0. The van der Waals surface area contributed by atoms with E-state index in [1.165, 1.54) is 0 Å². The van der Waals surface area contributed by atoms with Crippen LogP contribution in [0.3, 0.4) is 0 Å². The summed E-state index contributed by atoms with van der Waals surface area (Å²) in [5.41, 5.74) is 3.09. The van der Waals surface area contributed by atoms with Gasteiger partial charge in [-0.25, -0.2) is 9.18 Å². The first kappa shape index (κ1) is 15.2. The number of imide groups is 1. The SMILES string of the molecule is Nc1c2c(cc(=O)n1-c1cc(C(=O)O)cc(F)c1O)C(=O)NC2=O. The number of carbonyl (C=O) groups excluding carboxylic acids is 2. The van der Waals surface area contributed by atoms with E-state index in [1.54, 1.807) is 0 Å². The van der Waals surface area contributed by atoms with Crippen LogP contribution in [-0.2, 0) is 0 Å². The van der Waals surface area contributed by atoms with Crippen molar-refractivity contribution in [1.29, 1.82) is 0 Å². The summed E-state index contributed by atoms with van der Waals surface area (Å²) in [6, 6.07) is 2.17. The molecule has 0 aliphatic carbocycles. The number of aromatic hydroxyl groups is 1. The second kappa shape index (κ2) is 4.91. The number of pyridine rings is 1. The molecule has 10 heteroatoms. The number of hydrogen-bond acceptors (Lipinski definition) is 6. The minimum Gasteiger partial charge on any atom is -0.503 e. The number of phenolic OH excluding ortho intramolecular Hbond substituents is 1. The highest BCUT2D eigenvalue weighted by molar-refractivity contribution is 6.23. The van der Waals surface area contributed by atoms with Gasteiger partial charge in [0.25, 0.3) is 17.4 Å². The Morgan fingerprint density at radius 2 is 1.83 bits per heavy atom. The number of aromatic carboxylic acids is 1. The zero-order valence-corrected chi connectivity index (χ0v) is 11.7. The van der Waals surface area contributed by atoms with Crippen LogP contribution < -0.4 is 16.6 Å². The molecule has 0 saturated carbocycles. The number of aromatic nitrogens is 1. The molecule has 1 aromatic heterocycles. The maximum Gasteiger partial charge on any atom is 0.335 e. The van der Waals surface area contributed by atoms with Crippen molar-refractivity contribution in [2.24, 2.45) is 0 Å². The Bertz CT molecular complexity index is 1010. The van der Waals surface area contributed by atoms with Crippen molar-refractivity contribution in [3.05, 3.63) is 51.1 Å². The van der Waals surface area contributed by atoms with Crippen LogP contribution in [0.2, 0.25) is 0 Å². The summed E-state index contributed by atoms with van der Waals surface area (Å²) < 4.78 is 14.3. The Kier molecular flexibility index (Phi) is 3.11. The summed E-state index contributed by atoms with van der Waals surface area (Å²) in [6.07, 6.45) is 0. The predicted molar refractivity (Wildman–Crippen MR) is 76.8 cm³/mol. The van der Waals surface area contributed by atoms with Crippen LogP contribution in [0.1, 0.15) is 31.1 Å². The lowest BCUT2D eigenvalue weighted by Gasteiger charge is -2.14. The number of amides is 2.